The molecule has 0 aliphatic heterocycles. The molecule has 1 N–H and O–H groups in total. The van der Waals surface area contributed by atoms with E-state index in [0.717, 1.165) is 38.0 Å². The van der Waals surface area contributed by atoms with E-state index in [2.05, 4.69) is 18.7 Å². The molecule has 0 aliphatic carbocycles. The number of carbonyl (C=O) groups is 2. The fourth-order valence-corrected chi connectivity index (χ4v) is 4.32. The molecule has 3 rings (SSSR count). The van der Waals surface area contributed by atoms with Crippen LogP contribution in [0.15, 0.2) is 47.3 Å². The lowest BCUT2D eigenvalue weighted by molar-refractivity contribution is -0.131. The Hall–Kier alpha value is -3.81. The molecule has 1 amide bonds. The summed E-state index contributed by atoms with van der Waals surface area (Å²) in [6, 6.07) is 12.2. The van der Waals surface area contributed by atoms with Crippen molar-refractivity contribution in [3.8, 4) is 11.5 Å². The number of rotatable bonds is 10. The molecule has 2 aromatic carbocycles. The Morgan fingerprint density at radius 2 is 1.64 bits per heavy atom. The van der Waals surface area contributed by atoms with Gasteiger partial charge in [0, 0.05) is 50.4 Å². The molecule has 0 bridgehead atoms. The second-order valence-corrected chi connectivity index (χ2v) is 8.77. The number of unbranched alkanes of at least 4 members (excludes halogenated alkanes) is 1. The van der Waals surface area contributed by atoms with Crippen LogP contribution in [-0.2, 0) is 11.3 Å². The lowest BCUT2D eigenvalue weighted by Gasteiger charge is -2.25. The summed E-state index contributed by atoms with van der Waals surface area (Å²) in [7, 11) is 1.58. The van der Waals surface area contributed by atoms with E-state index in [0.29, 0.717) is 17.7 Å². The first-order chi connectivity index (χ1) is 17.2. The Morgan fingerprint density at radius 1 is 0.972 bits per heavy atom. The minimum atomic E-state index is -0.622. The van der Waals surface area contributed by atoms with Gasteiger partial charge in [-0.15, -0.1) is 0 Å². The Bertz CT molecular complexity index is 1300. The highest BCUT2D eigenvalue weighted by atomic mass is 16.5. The van der Waals surface area contributed by atoms with Crippen LogP contribution >= 0.6 is 0 Å². The third kappa shape index (κ3) is 5.53. The van der Waals surface area contributed by atoms with E-state index in [-0.39, 0.29) is 16.7 Å². The van der Waals surface area contributed by atoms with Crippen LogP contribution in [0.5, 0.6) is 11.5 Å². The van der Waals surface area contributed by atoms with E-state index in [4.69, 9.17) is 4.74 Å². The number of benzene rings is 2. The molecule has 0 spiro atoms. The van der Waals surface area contributed by atoms with Crippen LogP contribution in [-0.4, -0.2) is 41.7 Å². The van der Waals surface area contributed by atoms with Crippen molar-refractivity contribution in [3.05, 3.63) is 58.4 Å². The van der Waals surface area contributed by atoms with Crippen molar-refractivity contribution in [2.24, 2.45) is 0 Å². The zero-order valence-corrected chi connectivity index (χ0v) is 21.7. The highest BCUT2D eigenvalue weighted by Gasteiger charge is 2.26. The Balaban J connectivity index is 2.00. The van der Waals surface area contributed by atoms with Crippen molar-refractivity contribution < 1.29 is 19.4 Å². The van der Waals surface area contributed by atoms with E-state index < -0.39 is 23.2 Å². The summed E-state index contributed by atoms with van der Waals surface area (Å²) in [4.78, 5) is 41.8. The van der Waals surface area contributed by atoms with E-state index in [9.17, 15) is 19.5 Å². The van der Waals surface area contributed by atoms with Crippen LogP contribution in [0, 0.1) is 0 Å². The largest absolute Gasteiger partial charge is 0.506 e. The van der Waals surface area contributed by atoms with Gasteiger partial charge in [-0.25, -0.2) is 0 Å². The molecule has 0 unspecified atom stereocenters. The van der Waals surface area contributed by atoms with Crippen molar-refractivity contribution >= 4 is 34.2 Å². The first kappa shape index (κ1) is 26.8. The van der Waals surface area contributed by atoms with Crippen molar-refractivity contribution in [1.82, 2.24) is 4.57 Å². The molecule has 0 saturated carbocycles. The third-order valence-electron chi connectivity index (χ3n) is 6.18. The highest BCUT2D eigenvalue weighted by Crippen LogP contribution is 2.31. The summed E-state index contributed by atoms with van der Waals surface area (Å²) in [5, 5.41) is 11.3. The Kier molecular flexibility index (Phi) is 8.74. The molecule has 8 nitrogen and oxygen atoms in total. The number of ether oxygens (including phenoxy) is 1. The van der Waals surface area contributed by atoms with Crippen LogP contribution in [0.25, 0.3) is 10.9 Å². The van der Waals surface area contributed by atoms with Gasteiger partial charge in [0.05, 0.1) is 5.52 Å². The number of aromatic nitrogens is 1. The maximum Gasteiger partial charge on any atom is 0.308 e. The number of fused-ring (bicyclic) bond motifs is 1. The van der Waals surface area contributed by atoms with E-state index in [1.54, 1.807) is 26.1 Å². The van der Waals surface area contributed by atoms with Gasteiger partial charge < -0.3 is 24.2 Å². The van der Waals surface area contributed by atoms with Crippen LogP contribution in [0.3, 0.4) is 0 Å². The molecule has 8 heteroatoms. The van der Waals surface area contributed by atoms with E-state index in [1.165, 1.54) is 22.5 Å². The number of hydrogen-bond donors (Lipinski definition) is 1. The van der Waals surface area contributed by atoms with Gasteiger partial charge in [-0.3, -0.25) is 14.4 Å². The number of anilines is 2. The van der Waals surface area contributed by atoms with Gasteiger partial charge in [0.15, 0.2) is 0 Å². The molecule has 0 aliphatic rings. The number of aromatic hydroxyl groups is 1. The number of nitrogens with zero attached hydrogens (tertiary/aromatic N) is 3. The summed E-state index contributed by atoms with van der Waals surface area (Å²) >= 11 is 0. The van der Waals surface area contributed by atoms with Crippen molar-refractivity contribution in [2.45, 2.75) is 53.5 Å². The van der Waals surface area contributed by atoms with Crippen LogP contribution in [0.1, 0.15) is 57.3 Å². The van der Waals surface area contributed by atoms with Crippen LogP contribution in [0.2, 0.25) is 0 Å². The summed E-state index contributed by atoms with van der Waals surface area (Å²) in [5.41, 5.74) is 1.22. The van der Waals surface area contributed by atoms with Gasteiger partial charge in [-0.2, -0.15) is 0 Å². The quantitative estimate of drug-likeness (QED) is 0.318. The predicted octanol–water partition coefficient (Wildman–Crippen LogP) is 4.95. The van der Waals surface area contributed by atoms with Gasteiger partial charge >= 0.3 is 5.97 Å². The lowest BCUT2D eigenvalue weighted by Crippen LogP contribution is -2.34. The Morgan fingerprint density at radius 3 is 2.22 bits per heavy atom. The number of esters is 1. The molecule has 0 saturated heterocycles. The minimum absolute atomic E-state index is 0.216. The van der Waals surface area contributed by atoms with Gasteiger partial charge in [-0.1, -0.05) is 20.3 Å². The highest BCUT2D eigenvalue weighted by molar-refractivity contribution is 6.10. The van der Waals surface area contributed by atoms with Crippen molar-refractivity contribution in [2.75, 3.05) is 29.9 Å². The molecule has 1 heterocycles. The molecule has 192 valence electrons. The first-order valence-electron chi connectivity index (χ1n) is 12.4. The first-order valence-corrected chi connectivity index (χ1v) is 12.4. The molecule has 1 aromatic heterocycles. The molecule has 0 radical (unpaired) electrons. The van der Waals surface area contributed by atoms with E-state index >= 15 is 0 Å². The fourth-order valence-electron chi connectivity index (χ4n) is 4.32. The number of pyridine rings is 1. The SMILES string of the molecule is CCCCN(CCC)c1ccc(N(C)C(=O)c2c(O)c3cc(OC(C)=O)ccc3n(CC)c2=O)cc1. The lowest BCUT2D eigenvalue weighted by atomic mass is 10.1. The van der Waals surface area contributed by atoms with Gasteiger partial charge in [0.2, 0.25) is 0 Å². The standard InChI is InChI=1S/C28H35N3O5/c1-6-9-17-30(16-7-2)21-12-10-20(11-13-21)29(5)27(34)25-26(33)23-18-22(36-19(4)32)14-15-24(23)31(8-3)28(25)35/h10-15,18,33H,6-9,16-17H2,1-5H3. The smallest absolute Gasteiger partial charge is 0.308 e. The predicted molar refractivity (Wildman–Crippen MR) is 143 cm³/mol. The number of carbonyl (C=O) groups excluding carboxylic acids is 2. The van der Waals surface area contributed by atoms with Crippen LogP contribution in [0.4, 0.5) is 11.4 Å². The number of hydrogen-bond acceptors (Lipinski definition) is 6. The second kappa shape index (κ2) is 11.7. The average Bonchev–Trinajstić information content (AvgIpc) is 2.86. The van der Waals surface area contributed by atoms with Crippen LogP contribution < -0.4 is 20.1 Å². The summed E-state index contributed by atoms with van der Waals surface area (Å²) < 4.78 is 6.56. The molecule has 36 heavy (non-hydrogen) atoms. The fraction of sp³-hybridized carbons (Fsp3) is 0.393. The average molecular weight is 494 g/mol. The van der Waals surface area contributed by atoms with Gasteiger partial charge in [-0.05, 0) is 62.2 Å². The second-order valence-electron chi connectivity index (χ2n) is 8.77. The molecule has 0 atom stereocenters. The van der Waals surface area contributed by atoms with Gasteiger partial charge in [0.25, 0.3) is 11.5 Å². The Labute approximate surface area is 211 Å². The number of amides is 1. The zero-order valence-electron chi connectivity index (χ0n) is 21.7. The maximum absolute atomic E-state index is 13.5. The topological polar surface area (TPSA) is 92.1 Å². The minimum Gasteiger partial charge on any atom is -0.506 e. The molecule has 0 fully saturated rings. The zero-order chi connectivity index (χ0) is 26.4. The normalized spacial score (nSPS) is 10.9. The number of aryl methyl sites for hydroxylation is 1. The van der Waals surface area contributed by atoms with E-state index in [1.807, 2.05) is 24.3 Å². The molecular formula is C28H35N3O5. The molecule has 3 aromatic rings. The van der Waals surface area contributed by atoms with Crippen molar-refractivity contribution in [3.63, 3.8) is 0 Å². The van der Waals surface area contributed by atoms with Gasteiger partial charge in [0.1, 0.15) is 17.1 Å². The van der Waals surface area contributed by atoms with Crippen molar-refractivity contribution in [1.29, 1.82) is 0 Å². The monoisotopic (exact) mass is 493 g/mol. The summed E-state index contributed by atoms with van der Waals surface area (Å²) in [6.45, 7) is 9.59. The summed E-state index contributed by atoms with van der Waals surface area (Å²) in [5.74, 6) is -1.35. The molecular weight excluding hydrogens is 458 g/mol. The maximum atomic E-state index is 13.5. The summed E-state index contributed by atoms with van der Waals surface area (Å²) in [6.07, 6.45) is 3.25. The third-order valence-corrected chi connectivity index (χ3v) is 6.18.